The lowest BCUT2D eigenvalue weighted by molar-refractivity contribution is -0.385. The monoisotopic (exact) mass is 383 g/mol. The van der Waals surface area contributed by atoms with Crippen LogP contribution in [0.4, 0.5) is 11.4 Å². The van der Waals surface area contributed by atoms with E-state index in [2.05, 4.69) is 5.32 Å². The van der Waals surface area contributed by atoms with E-state index in [-0.39, 0.29) is 11.1 Å². The standard InChI is InChI=1S/C19H17N3O6/c1-2-10-28-15-9-4-3-7-13(15)20-16(23)11-21-18(24)12-6-5-8-14(22(26)27)17(12)19(21)25/h3-9H,2,10-11H2,1H3,(H,20,23). The molecule has 28 heavy (non-hydrogen) atoms. The highest BCUT2D eigenvalue weighted by Gasteiger charge is 2.41. The molecular weight excluding hydrogens is 366 g/mol. The lowest BCUT2D eigenvalue weighted by Crippen LogP contribution is -2.37. The summed E-state index contributed by atoms with van der Waals surface area (Å²) < 4.78 is 5.56. The smallest absolute Gasteiger partial charge is 0.282 e. The van der Waals surface area contributed by atoms with Crippen LogP contribution in [-0.4, -0.2) is 40.7 Å². The third-order valence-corrected chi connectivity index (χ3v) is 4.10. The van der Waals surface area contributed by atoms with E-state index in [9.17, 15) is 24.5 Å². The number of ether oxygens (including phenoxy) is 1. The van der Waals surface area contributed by atoms with Gasteiger partial charge in [0.05, 0.1) is 22.8 Å². The molecule has 1 aliphatic heterocycles. The van der Waals surface area contributed by atoms with Crippen molar-refractivity contribution in [2.45, 2.75) is 13.3 Å². The van der Waals surface area contributed by atoms with Crippen LogP contribution in [0.15, 0.2) is 42.5 Å². The summed E-state index contributed by atoms with van der Waals surface area (Å²) in [5.41, 5.74) is -0.434. The molecule has 0 spiro atoms. The van der Waals surface area contributed by atoms with E-state index in [4.69, 9.17) is 4.74 Å². The average molecular weight is 383 g/mol. The second-order valence-electron chi connectivity index (χ2n) is 6.05. The number of nitro groups is 1. The second-order valence-corrected chi connectivity index (χ2v) is 6.05. The van der Waals surface area contributed by atoms with E-state index >= 15 is 0 Å². The summed E-state index contributed by atoms with van der Waals surface area (Å²) in [5.74, 6) is -1.76. The summed E-state index contributed by atoms with van der Waals surface area (Å²) in [7, 11) is 0. The number of carbonyl (C=O) groups excluding carboxylic acids is 3. The number of imide groups is 1. The molecule has 0 aliphatic carbocycles. The summed E-state index contributed by atoms with van der Waals surface area (Å²) in [6, 6.07) is 10.6. The van der Waals surface area contributed by atoms with E-state index in [1.54, 1.807) is 24.3 Å². The Labute approximate surface area is 160 Å². The van der Waals surface area contributed by atoms with Crippen molar-refractivity contribution in [2.24, 2.45) is 0 Å². The molecule has 9 heteroatoms. The summed E-state index contributed by atoms with van der Waals surface area (Å²) in [6.07, 6.45) is 0.788. The van der Waals surface area contributed by atoms with Crippen LogP contribution in [0.1, 0.15) is 34.1 Å². The maximum atomic E-state index is 12.5. The van der Waals surface area contributed by atoms with Gasteiger partial charge in [-0.1, -0.05) is 25.1 Å². The minimum absolute atomic E-state index is 0.0846. The van der Waals surface area contributed by atoms with Crippen molar-refractivity contribution in [2.75, 3.05) is 18.5 Å². The van der Waals surface area contributed by atoms with Gasteiger partial charge in [-0.2, -0.15) is 0 Å². The van der Waals surface area contributed by atoms with Gasteiger partial charge in [-0.25, -0.2) is 0 Å². The van der Waals surface area contributed by atoms with Crippen LogP contribution in [0.3, 0.4) is 0 Å². The number of para-hydroxylation sites is 2. The molecule has 0 fully saturated rings. The minimum Gasteiger partial charge on any atom is -0.491 e. The molecule has 9 nitrogen and oxygen atoms in total. The number of benzene rings is 2. The predicted molar refractivity (Wildman–Crippen MR) is 99.3 cm³/mol. The molecule has 0 saturated heterocycles. The van der Waals surface area contributed by atoms with Gasteiger partial charge in [0.1, 0.15) is 17.9 Å². The van der Waals surface area contributed by atoms with Gasteiger partial charge in [0, 0.05) is 6.07 Å². The van der Waals surface area contributed by atoms with Crippen molar-refractivity contribution in [3.05, 3.63) is 63.7 Å². The molecule has 0 bridgehead atoms. The second kappa shape index (κ2) is 7.87. The SMILES string of the molecule is CCCOc1ccccc1NC(=O)CN1C(=O)c2cccc([N+](=O)[O-])c2C1=O. The summed E-state index contributed by atoms with van der Waals surface area (Å²) >= 11 is 0. The predicted octanol–water partition coefficient (Wildman–Crippen LogP) is 2.62. The first-order valence-electron chi connectivity index (χ1n) is 8.59. The topological polar surface area (TPSA) is 119 Å². The fourth-order valence-corrected chi connectivity index (χ4v) is 2.85. The molecule has 1 aliphatic rings. The molecule has 0 aromatic heterocycles. The van der Waals surface area contributed by atoms with E-state index in [0.29, 0.717) is 22.9 Å². The van der Waals surface area contributed by atoms with Crippen LogP contribution in [0.2, 0.25) is 0 Å². The van der Waals surface area contributed by atoms with E-state index in [1.165, 1.54) is 12.1 Å². The molecule has 2 aromatic carbocycles. The Kier molecular flexibility index (Phi) is 5.35. The zero-order valence-electron chi connectivity index (χ0n) is 15.0. The fourth-order valence-electron chi connectivity index (χ4n) is 2.85. The number of carbonyl (C=O) groups is 3. The number of nitrogens with one attached hydrogen (secondary N) is 1. The van der Waals surface area contributed by atoms with Crippen LogP contribution < -0.4 is 10.1 Å². The molecule has 1 heterocycles. The molecule has 2 aromatic rings. The first kappa shape index (κ1) is 19.0. The Hall–Kier alpha value is -3.75. The fraction of sp³-hybridized carbons (Fsp3) is 0.211. The first-order valence-corrected chi connectivity index (χ1v) is 8.59. The van der Waals surface area contributed by atoms with Crippen molar-refractivity contribution in [3.63, 3.8) is 0 Å². The van der Waals surface area contributed by atoms with E-state index in [1.807, 2.05) is 6.92 Å². The highest BCUT2D eigenvalue weighted by Crippen LogP contribution is 2.31. The third kappa shape index (κ3) is 3.54. The Morgan fingerprint density at radius 1 is 1.14 bits per heavy atom. The normalized spacial score (nSPS) is 12.7. The van der Waals surface area contributed by atoms with Crippen LogP contribution in [0.5, 0.6) is 5.75 Å². The zero-order valence-corrected chi connectivity index (χ0v) is 15.0. The Balaban J connectivity index is 1.77. The quantitative estimate of drug-likeness (QED) is 0.446. The van der Waals surface area contributed by atoms with E-state index in [0.717, 1.165) is 12.5 Å². The van der Waals surface area contributed by atoms with Gasteiger partial charge >= 0.3 is 0 Å². The zero-order chi connectivity index (χ0) is 20.3. The van der Waals surface area contributed by atoms with Crippen molar-refractivity contribution in [1.29, 1.82) is 0 Å². The van der Waals surface area contributed by atoms with Crippen LogP contribution in [0.25, 0.3) is 0 Å². The maximum absolute atomic E-state index is 12.5. The van der Waals surface area contributed by atoms with Gasteiger partial charge in [-0.15, -0.1) is 0 Å². The first-order chi connectivity index (χ1) is 13.4. The molecule has 1 N–H and O–H groups in total. The number of hydrogen-bond acceptors (Lipinski definition) is 6. The molecule has 0 unspecified atom stereocenters. The van der Waals surface area contributed by atoms with Gasteiger partial charge in [0.15, 0.2) is 0 Å². The number of hydrogen-bond donors (Lipinski definition) is 1. The lowest BCUT2D eigenvalue weighted by Gasteiger charge is -2.15. The number of fused-ring (bicyclic) bond motifs is 1. The third-order valence-electron chi connectivity index (χ3n) is 4.10. The molecule has 3 rings (SSSR count). The molecule has 0 atom stereocenters. The van der Waals surface area contributed by atoms with Crippen LogP contribution in [-0.2, 0) is 4.79 Å². The average Bonchev–Trinajstić information content (AvgIpc) is 2.92. The number of nitro benzene ring substituents is 1. The number of rotatable bonds is 7. The van der Waals surface area contributed by atoms with Crippen molar-refractivity contribution < 1.29 is 24.0 Å². The van der Waals surface area contributed by atoms with Gasteiger partial charge in [0.2, 0.25) is 5.91 Å². The summed E-state index contributed by atoms with van der Waals surface area (Å²) in [5, 5.41) is 13.7. The molecular formula is C19H17N3O6. The molecule has 0 radical (unpaired) electrons. The summed E-state index contributed by atoms with van der Waals surface area (Å²) in [6.45, 7) is 1.85. The Bertz CT molecular complexity index is 972. The number of anilines is 1. The molecule has 144 valence electrons. The van der Waals surface area contributed by atoms with E-state index < -0.39 is 34.9 Å². The van der Waals surface area contributed by atoms with Crippen LogP contribution >= 0.6 is 0 Å². The number of nitrogens with zero attached hydrogens (tertiary/aromatic N) is 2. The Morgan fingerprint density at radius 2 is 1.89 bits per heavy atom. The summed E-state index contributed by atoms with van der Waals surface area (Å²) in [4.78, 5) is 48.5. The molecule has 0 saturated carbocycles. The number of amides is 3. The lowest BCUT2D eigenvalue weighted by atomic mass is 10.1. The molecule has 3 amide bonds. The van der Waals surface area contributed by atoms with Gasteiger partial charge in [0.25, 0.3) is 17.5 Å². The van der Waals surface area contributed by atoms with Crippen molar-refractivity contribution >= 4 is 29.1 Å². The maximum Gasteiger partial charge on any atom is 0.282 e. The van der Waals surface area contributed by atoms with Crippen molar-refractivity contribution in [3.8, 4) is 5.75 Å². The Morgan fingerprint density at radius 3 is 2.61 bits per heavy atom. The highest BCUT2D eigenvalue weighted by molar-refractivity contribution is 6.24. The van der Waals surface area contributed by atoms with Crippen LogP contribution in [0, 0.1) is 10.1 Å². The minimum atomic E-state index is -0.863. The van der Waals surface area contributed by atoms with Crippen molar-refractivity contribution in [1.82, 2.24) is 4.90 Å². The van der Waals surface area contributed by atoms with Gasteiger partial charge in [-0.05, 0) is 24.6 Å². The highest BCUT2D eigenvalue weighted by atomic mass is 16.6. The van der Waals surface area contributed by atoms with Gasteiger partial charge < -0.3 is 10.1 Å². The van der Waals surface area contributed by atoms with Gasteiger partial charge in [-0.3, -0.25) is 29.4 Å². The largest absolute Gasteiger partial charge is 0.491 e.